The number of hydrogen-bond donors (Lipinski definition) is 4. The summed E-state index contributed by atoms with van der Waals surface area (Å²) in [5, 5.41) is 17.4. The van der Waals surface area contributed by atoms with E-state index in [4.69, 9.17) is 10.8 Å². The summed E-state index contributed by atoms with van der Waals surface area (Å²) >= 11 is 0. The van der Waals surface area contributed by atoms with Crippen LogP contribution in [0.2, 0.25) is 0 Å². The van der Waals surface area contributed by atoms with Crippen LogP contribution in [0.15, 0.2) is 0 Å². The molecular formula is C7H13N5O2. The van der Waals surface area contributed by atoms with Crippen LogP contribution in [-0.2, 0) is 0 Å². The minimum absolute atomic E-state index is 0.0111. The van der Waals surface area contributed by atoms with Crippen LogP contribution in [0.4, 0.5) is 5.95 Å². The van der Waals surface area contributed by atoms with Gasteiger partial charge in [0.05, 0.1) is 12.1 Å². The van der Waals surface area contributed by atoms with E-state index in [1.165, 1.54) is 0 Å². The van der Waals surface area contributed by atoms with Gasteiger partial charge >= 0.3 is 0 Å². The molecule has 0 spiro atoms. The van der Waals surface area contributed by atoms with Crippen LogP contribution >= 0.6 is 0 Å². The molecule has 0 saturated carbocycles. The van der Waals surface area contributed by atoms with E-state index >= 15 is 0 Å². The number of H-pyrrole nitrogens is 1. The van der Waals surface area contributed by atoms with Crippen LogP contribution in [0.3, 0.4) is 0 Å². The fraction of sp³-hybridized carbons (Fsp3) is 0.571. The van der Waals surface area contributed by atoms with E-state index in [1.54, 1.807) is 13.8 Å². The number of rotatable bonds is 3. The normalized spacial score (nSPS) is 11.4. The fourth-order valence-electron chi connectivity index (χ4n) is 0.782. The van der Waals surface area contributed by atoms with Gasteiger partial charge in [-0.2, -0.15) is 4.98 Å². The highest BCUT2D eigenvalue weighted by Crippen LogP contribution is 2.02. The van der Waals surface area contributed by atoms with Crippen molar-refractivity contribution in [1.29, 1.82) is 0 Å². The van der Waals surface area contributed by atoms with Gasteiger partial charge in [0.1, 0.15) is 0 Å². The average Bonchev–Trinajstić information content (AvgIpc) is 2.51. The van der Waals surface area contributed by atoms with Gasteiger partial charge in [0.15, 0.2) is 0 Å². The molecular weight excluding hydrogens is 186 g/mol. The van der Waals surface area contributed by atoms with Crippen molar-refractivity contribution >= 4 is 11.9 Å². The van der Waals surface area contributed by atoms with Crippen molar-refractivity contribution in [1.82, 2.24) is 20.5 Å². The number of amides is 1. The lowest BCUT2D eigenvalue weighted by molar-refractivity contribution is 0.0859. The molecule has 0 atom stereocenters. The molecule has 78 valence electrons. The molecule has 1 aromatic rings. The third kappa shape index (κ3) is 2.43. The van der Waals surface area contributed by atoms with Crippen molar-refractivity contribution in [2.24, 2.45) is 0 Å². The number of nitrogens with two attached hydrogens (primary N) is 1. The number of aliphatic hydroxyl groups excluding tert-OH is 1. The number of nitrogens with one attached hydrogen (secondary N) is 2. The molecule has 0 bridgehead atoms. The minimum atomic E-state index is -0.696. The van der Waals surface area contributed by atoms with Crippen LogP contribution in [0, 0.1) is 0 Å². The van der Waals surface area contributed by atoms with Crippen molar-refractivity contribution in [2.45, 2.75) is 19.4 Å². The minimum Gasteiger partial charge on any atom is -0.394 e. The molecule has 7 nitrogen and oxygen atoms in total. The molecule has 0 saturated heterocycles. The van der Waals surface area contributed by atoms with Crippen molar-refractivity contribution < 1.29 is 9.90 Å². The molecule has 0 aliphatic rings. The Morgan fingerprint density at radius 3 is 2.79 bits per heavy atom. The summed E-state index contributed by atoms with van der Waals surface area (Å²) in [6.07, 6.45) is 0. The first-order valence-corrected chi connectivity index (χ1v) is 4.06. The third-order valence-electron chi connectivity index (χ3n) is 1.56. The van der Waals surface area contributed by atoms with Gasteiger partial charge in [-0.1, -0.05) is 0 Å². The molecule has 0 radical (unpaired) electrons. The smallest absolute Gasteiger partial charge is 0.289 e. The van der Waals surface area contributed by atoms with Crippen LogP contribution in [0.25, 0.3) is 0 Å². The topological polar surface area (TPSA) is 117 Å². The molecule has 1 aromatic heterocycles. The highest BCUT2D eigenvalue weighted by molar-refractivity contribution is 5.91. The summed E-state index contributed by atoms with van der Waals surface area (Å²) in [6.45, 7) is 3.21. The summed E-state index contributed by atoms with van der Waals surface area (Å²) in [6, 6.07) is 0. The molecule has 1 amide bonds. The Bertz CT molecular complexity index is 333. The number of carbonyl (C=O) groups excluding carboxylic acids is 1. The van der Waals surface area contributed by atoms with Gasteiger partial charge in [-0.25, -0.2) is 0 Å². The largest absolute Gasteiger partial charge is 0.394 e. The predicted octanol–water partition coefficient (Wildman–Crippen LogP) is -1.11. The lowest BCUT2D eigenvalue weighted by atomic mass is 10.1. The number of hydrogen-bond acceptors (Lipinski definition) is 5. The molecule has 0 aliphatic heterocycles. The monoisotopic (exact) mass is 199 g/mol. The van der Waals surface area contributed by atoms with Crippen molar-refractivity contribution in [3.63, 3.8) is 0 Å². The number of nitrogens with zero attached hydrogens (tertiary/aromatic N) is 2. The molecule has 5 N–H and O–H groups in total. The van der Waals surface area contributed by atoms with Crippen molar-refractivity contribution in [3.8, 4) is 0 Å². The second-order valence-corrected chi connectivity index (χ2v) is 3.54. The number of anilines is 1. The predicted molar refractivity (Wildman–Crippen MR) is 49.4 cm³/mol. The second-order valence-electron chi connectivity index (χ2n) is 3.54. The van der Waals surface area contributed by atoms with Gasteiger partial charge in [0.2, 0.25) is 11.8 Å². The van der Waals surface area contributed by atoms with Crippen LogP contribution in [0.1, 0.15) is 24.5 Å². The SMILES string of the molecule is CC(C)(CO)NC(=O)c1nc(N)n[nH]1. The van der Waals surface area contributed by atoms with Gasteiger partial charge in [0, 0.05) is 0 Å². The molecule has 1 rings (SSSR count). The Balaban J connectivity index is 2.68. The Morgan fingerprint density at radius 1 is 1.71 bits per heavy atom. The summed E-state index contributed by atoms with van der Waals surface area (Å²) in [5.74, 6) is -0.408. The summed E-state index contributed by atoms with van der Waals surface area (Å²) in [4.78, 5) is 15.1. The zero-order valence-electron chi connectivity index (χ0n) is 8.03. The summed E-state index contributed by atoms with van der Waals surface area (Å²) < 4.78 is 0. The van der Waals surface area contributed by atoms with Crippen LogP contribution < -0.4 is 11.1 Å². The maximum atomic E-state index is 11.4. The molecule has 1 heterocycles. The maximum absolute atomic E-state index is 11.4. The summed E-state index contributed by atoms with van der Waals surface area (Å²) in [5.41, 5.74) is 4.53. The molecule has 0 aromatic carbocycles. The molecule has 0 unspecified atom stereocenters. The number of nitrogen functional groups attached to an aromatic ring is 1. The van der Waals surface area contributed by atoms with E-state index in [0.717, 1.165) is 0 Å². The average molecular weight is 199 g/mol. The third-order valence-corrected chi connectivity index (χ3v) is 1.56. The molecule has 0 fully saturated rings. The van der Waals surface area contributed by atoms with Crippen molar-refractivity contribution in [2.75, 3.05) is 12.3 Å². The molecule has 0 aliphatic carbocycles. The highest BCUT2D eigenvalue weighted by atomic mass is 16.3. The zero-order chi connectivity index (χ0) is 10.8. The number of aromatic amines is 1. The van der Waals surface area contributed by atoms with Gasteiger partial charge in [-0.05, 0) is 13.8 Å². The van der Waals surface area contributed by atoms with Crippen LogP contribution in [-0.4, -0.2) is 38.3 Å². The van der Waals surface area contributed by atoms with E-state index in [2.05, 4.69) is 20.5 Å². The number of carbonyl (C=O) groups is 1. The Labute approximate surface area is 80.7 Å². The standard InChI is InChI=1S/C7H13N5O2/c1-7(2,3-13)10-5(14)4-9-6(8)12-11-4/h13H,3H2,1-2H3,(H,10,14)(H3,8,9,11,12). The fourth-order valence-corrected chi connectivity index (χ4v) is 0.782. The van der Waals surface area contributed by atoms with Gasteiger partial charge in [-0.3, -0.25) is 9.89 Å². The second kappa shape index (κ2) is 3.62. The molecule has 7 heteroatoms. The van der Waals surface area contributed by atoms with Gasteiger partial charge in [0.25, 0.3) is 5.91 Å². The van der Waals surface area contributed by atoms with E-state index in [1.807, 2.05) is 0 Å². The Kier molecular flexibility index (Phi) is 2.70. The van der Waals surface area contributed by atoms with Gasteiger partial charge in [-0.15, -0.1) is 5.10 Å². The quantitative estimate of drug-likeness (QED) is 0.492. The maximum Gasteiger partial charge on any atom is 0.289 e. The van der Waals surface area contributed by atoms with E-state index < -0.39 is 11.4 Å². The first kappa shape index (κ1) is 10.5. The van der Waals surface area contributed by atoms with E-state index in [0.29, 0.717) is 0 Å². The van der Waals surface area contributed by atoms with Crippen LogP contribution in [0.5, 0.6) is 0 Å². The number of aromatic nitrogens is 3. The zero-order valence-corrected chi connectivity index (χ0v) is 8.03. The summed E-state index contributed by atoms with van der Waals surface area (Å²) in [7, 11) is 0. The highest BCUT2D eigenvalue weighted by Gasteiger charge is 2.21. The lowest BCUT2D eigenvalue weighted by Gasteiger charge is -2.22. The Hall–Kier alpha value is -1.63. The van der Waals surface area contributed by atoms with E-state index in [-0.39, 0.29) is 18.4 Å². The Morgan fingerprint density at radius 2 is 2.36 bits per heavy atom. The lowest BCUT2D eigenvalue weighted by Crippen LogP contribution is -2.46. The van der Waals surface area contributed by atoms with Crippen molar-refractivity contribution in [3.05, 3.63) is 5.82 Å². The first-order valence-electron chi connectivity index (χ1n) is 4.06. The number of aliphatic hydroxyl groups is 1. The van der Waals surface area contributed by atoms with Gasteiger partial charge < -0.3 is 16.2 Å². The molecule has 14 heavy (non-hydrogen) atoms. The van der Waals surface area contributed by atoms with E-state index in [9.17, 15) is 4.79 Å². The first-order chi connectivity index (χ1) is 6.44.